The molecule has 102 valence electrons. The number of piperazine rings is 1. The molecule has 1 rings (SSSR count). The fourth-order valence-electron chi connectivity index (χ4n) is 1.81. The fourth-order valence-corrected chi connectivity index (χ4v) is 1.81. The van der Waals surface area contributed by atoms with Gasteiger partial charge in [-0.25, -0.2) is 0 Å². The molecule has 0 aromatic heterocycles. The van der Waals surface area contributed by atoms with E-state index in [1.807, 2.05) is 11.9 Å². The predicted octanol–water partition coefficient (Wildman–Crippen LogP) is 0.462. The van der Waals surface area contributed by atoms with Gasteiger partial charge in [-0.15, -0.1) is 12.4 Å². The van der Waals surface area contributed by atoms with Gasteiger partial charge in [-0.3, -0.25) is 4.79 Å². The van der Waals surface area contributed by atoms with E-state index in [0.717, 1.165) is 0 Å². The van der Waals surface area contributed by atoms with E-state index in [1.165, 1.54) is 4.90 Å². The van der Waals surface area contributed by atoms with Crippen LogP contribution in [0.2, 0.25) is 0 Å². The van der Waals surface area contributed by atoms with Crippen LogP contribution in [-0.4, -0.2) is 61.2 Å². The Labute approximate surface area is 104 Å². The zero-order valence-corrected chi connectivity index (χ0v) is 10.4. The smallest absolute Gasteiger partial charge is 0.336 e. The topological polar surface area (TPSA) is 49.6 Å². The Morgan fingerprint density at radius 1 is 1.41 bits per heavy atom. The van der Waals surface area contributed by atoms with E-state index in [2.05, 4.69) is 0 Å². The quantitative estimate of drug-likeness (QED) is 0.797. The van der Waals surface area contributed by atoms with Gasteiger partial charge in [0.15, 0.2) is 0 Å². The average Bonchev–Trinajstić information content (AvgIpc) is 2.14. The molecule has 1 aliphatic rings. The summed E-state index contributed by atoms with van der Waals surface area (Å²) in [6.07, 6.45) is -5.84. The van der Waals surface area contributed by atoms with E-state index < -0.39 is 18.5 Å². The molecule has 2 N–H and O–H groups in total. The number of hydrogen-bond donors (Lipinski definition) is 1. The van der Waals surface area contributed by atoms with Crippen molar-refractivity contribution in [1.29, 1.82) is 0 Å². The predicted molar refractivity (Wildman–Crippen MR) is 60.0 cm³/mol. The van der Waals surface area contributed by atoms with Crippen molar-refractivity contribution < 1.29 is 18.0 Å². The normalized spacial score (nSPS) is 22.2. The lowest BCUT2D eigenvalue weighted by Gasteiger charge is -2.39. The minimum Gasteiger partial charge on any atom is -0.336 e. The summed E-state index contributed by atoms with van der Waals surface area (Å²) in [5.74, 6) is -0.879. The van der Waals surface area contributed by atoms with Gasteiger partial charge < -0.3 is 15.5 Å². The van der Waals surface area contributed by atoms with Gasteiger partial charge >= 0.3 is 6.18 Å². The van der Waals surface area contributed by atoms with Crippen molar-refractivity contribution in [2.45, 2.75) is 18.6 Å². The van der Waals surface area contributed by atoms with Crippen LogP contribution in [-0.2, 0) is 4.79 Å². The number of nitrogens with zero attached hydrogens (tertiary/aromatic N) is 2. The van der Waals surface area contributed by atoms with Crippen molar-refractivity contribution >= 4 is 18.3 Å². The van der Waals surface area contributed by atoms with E-state index in [-0.39, 0.29) is 25.0 Å². The number of hydrogen-bond acceptors (Lipinski definition) is 3. The van der Waals surface area contributed by atoms with Crippen LogP contribution in [0.5, 0.6) is 0 Å². The maximum absolute atomic E-state index is 12.1. The van der Waals surface area contributed by atoms with E-state index in [4.69, 9.17) is 5.73 Å². The molecule has 1 heterocycles. The fraction of sp³-hybridized carbons (Fsp3) is 0.889. The summed E-state index contributed by atoms with van der Waals surface area (Å²) in [5, 5.41) is 0. The number of rotatable bonds is 2. The minimum atomic E-state index is -4.44. The molecule has 1 unspecified atom stereocenters. The standard InChI is InChI=1S/C9H16F3N3O.ClH/c1-14-2-3-15(7(5-13)6-14)8(16)4-9(10,11)12;/h7H,2-6,13H2,1H3;1H. The highest BCUT2D eigenvalue weighted by Crippen LogP contribution is 2.22. The average molecular weight is 276 g/mol. The molecule has 0 aromatic carbocycles. The SMILES string of the molecule is CN1CCN(C(=O)CC(F)(F)F)C(CN)C1.Cl. The Bertz CT molecular complexity index is 262. The maximum atomic E-state index is 12.1. The van der Waals surface area contributed by atoms with Crippen LogP contribution in [0.4, 0.5) is 13.2 Å². The van der Waals surface area contributed by atoms with Crippen molar-refractivity contribution in [2.24, 2.45) is 5.73 Å². The van der Waals surface area contributed by atoms with Gasteiger partial charge in [0.2, 0.25) is 5.91 Å². The molecule has 0 saturated carbocycles. The van der Waals surface area contributed by atoms with Crippen LogP contribution in [0.3, 0.4) is 0 Å². The van der Waals surface area contributed by atoms with Crippen molar-refractivity contribution in [3.63, 3.8) is 0 Å². The molecule has 17 heavy (non-hydrogen) atoms. The molecule has 0 aliphatic carbocycles. The third-order valence-corrected chi connectivity index (χ3v) is 2.63. The second-order valence-corrected chi connectivity index (χ2v) is 4.03. The number of alkyl halides is 3. The van der Waals surface area contributed by atoms with Crippen molar-refractivity contribution in [3.05, 3.63) is 0 Å². The van der Waals surface area contributed by atoms with Crippen molar-refractivity contribution in [2.75, 3.05) is 33.2 Å². The summed E-state index contributed by atoms with van der Waals surface area (Å²) in [7, 11) is 1.86. The maximum Gasteiger partial charge on any atom is 0.397 e. The molecule has 1 amide bonds. The highest BCUT2D eigenvalue weighted by atomic mass is 35.5. The Morgan fingerprint density at radius 2 is 2.00 bits per heavy atom. The lowest BCUT2D eigenvalue weighted by atomic mass is 10.1. The van der Waals surface area contributed by atoms with Gasteiger partial charge in [0, 0.05) is 26.2 Å². The largest absolute Gasteiger partial charge is 0.397 e. The first kappa shape index (κ1) is 16.5. The van der Waals surface area contributed by atoms with Crippen molar-refractivity contribution in [1.82, 2.24) is 9.80 Å². The van der Waals surface area contributed by atoms with Gasteiger partial charge in [0.1, 0.15) is 6.42 Å². The Balaban J connectivity index is 0.00000256. The van der Waals surface area contributed by atoms with Crippen LogP contribution < -0.4 is 5.73 Å². The first-order chi connectivity index (χ1) is 7.33. The van der Waals surface area contributed by atoms with E-state index in [1.54, 1.807) is 0 Å². The number of carbonyl (C=O) groups excluding carboxylic acids is 1. The highest BCUT2D eigenvalue weighted by Gasteiger charge is 2.36. The molecule has 0 spiro atoms. The molecule has 1 aliphatic heterocycles. The Morgan fingerprint density at radius 3 is 2.47 bits per heavy atom. The van der Waals surface area contributed by atoms with Crippen LogP contribution in [0.25, 0.3) is 0 Å². The molecule has 0 bridgehead atoms. The molecule has 4 nitrogen and oxygen atoms in total. The lowest BCUT2D eigenvalue weighted by Crippen LogP contribution is -2.57. The van der Waals surface area contributed by atoms with Gasteiger partial charge in [-0.05, 0) is 7.05 Å². The van der Waals surface area contributed by atoms with Crippen LogP contribution in [0, 0.1) is 0 Å². The molecular formula is C9H17ClF3N3O. The first-order valence-electron chi connectivity index (χ1n) is 5.08. The minimum absolute atomic E-state index is 0. The summed E-state index contributed by atoms with van der Waals surface area (Å²) < 4.78 is 36.2. The molecule has 0 radical (unpaired) electrons. The van der Waals surface area contributed by atoms with Crippen molar-refractivity contribution in [3.8, 4) is 0 Å². The number of amides is 1. The number of carbonyl (C=O) groups is 1. The van der Waals surface area contributed by atoms with E-state index >= 15 is 0 Å². The highest BCUT2D eigenvalue weighted by molar-refractivity contribution is 5.85. The van der Waals surface area contributed by atoms with Gasteiger partial charge in [0.05, 0.1) is 6.04 Å². The number of likely N-dealkylation sites (N-methyl/N-ethyl adjacent to an activating group) is 1. The van der Waals surface area contributed by atoms with Crippen LogP contribution in [0.15, 0.2) is 0 Å². The molecule has 8 heteroatoms. The summed E-state index contributed by atoms with van der Waals surface area (Å²) in [6, 6.07) is -0.311. The van der Waals surface area contributed by atoms with Crippen LogP contribution >= 0.6 is 12.4 Å². The zero-order valence-electron chi connectivity index (χ0n) is 9.54. The zero-order chi connectivity index (χ0) is 12.3. The second kappa shape index (κ2) is 6.42. The molecule has 1 fully saturated rings. The molecular weight excluding hydrogens is 259 g/mol. The summed E-state index contributed by atoms with van der Waals surface area (Å²) in [6.45, 7) is 1.61. The summed E-state index contributed by atoms with van der Waals surface area (Å²) >= 11 is 0. The van der Waals surface area contributed by atoms with E-state index in [0.29, 0.717) is 19.6 Å². The summed E-state index contributed by atoms with van der Waals surface area (Å²) in [5.41, 5.74) is 5.46. The van der Waals surface area contributed by atoms with E-state index in [9.17, 15) is 18.0 Å². The number of halogens is 4. The Hall–Kier alpha value is -0.530. The third-order valence-electron chi connectivity index (χ3n) is 2.63. The molecule has 1 saturated heterocycles. The van der Waals surface area contributed by atoms with Gasteiger partial charge in [-0.2, -0.15) is 13.2 Å². The summed E-state index contributed by atoms with van der Waals surface area (Å²) in [4.78, 5) is 14.6. The Kier molecular flexibility index (Phi) is 6.22. The third kappa shape index (κ3) is 5.10. The first-order valence-corrected chi connectivity index (χ1v) is 5.08. The number of nitrogens with two attached hydrogens (primary N) is 1. The second-order valence-electron chi connectivity index (χ2n) is 4.03. The van der Waals surface area contributed by atoms with Crippen LogP contribution in [0.1, 0.15) is 6.42 Å². The molecule has 1 atom stereocenters. The monoisotopic (exact) mass is 275 g/mol. The van der Waals surface area contributed by atoms with Gasteiger partial charge in [-0.1, -0.05) is 0 Å². The lowest BCUT2D eigenvalue weighted by molar-refractivity contribution is -0.164. The van der Waals surface area contributed by atoms with Gasteiger partial charge in [0.25, 0.3) is 0 Å². The molecule has 0 aromatic rings.